The summed E-state index contributed by atoms with van der Waals surface area (Å²) in [7, 11) is -1.53. The number of rotatable bonds is 5. The molecule has 4 aromatic rings. The van der Waals surface area contributed by atoms with Gasteiger partial charge in [0.2, 0.25) is 0 Å². The molecule has 5 heteroatoms. The Morgan fingerprint density at radius 2 is 1.09 bits per heavy atom. The number of carbonyl (C=O) groups excluding carboxylic acids is 1. The summed E-state index contributed by atoms with van der Waals surface area (Å²) >= 11 is 0. The van der Waals surface area contributed by atoms with Crippen LogP contribution in [0.3, 0.4) is 0 Å². The topological polar surface area (TPSA) is 40.1 Å². The summed E-state index contributed by atoms with van der Waals surface area (Å²) in [5, 5.41) is 14.6. The fourth-order valence-corrected chi connectivity index (χ4v) is 6.74. The lowest BCUT2D eigenvalue weighted by Gasteiger charge is -2.22. The third-order valence-electron chi connectivity index (χ3n) is 5.39. The Morgan fingerprint density at radius 1 is 0.697 bits per heavy atom. The van der Waals surface area contributed by atoms with Crippen molar-refractivity contribution in [3.05, 3.63) is 126 Å². The third kappa shape index (κ3) is 7.24. The normalized spacial score (nSPS) is 10.0. The predicted octanol–water partition coefficient (Wildman–Crippen LogP) is 4.70. The van der Waals surface area contributed by atoms with Gasteiger partial charge >= 0.3 is 0 Å². The molecule has 0 aliphatic carbocycles. The number of carbonyl (C=O) groups is 1. The molecule has 0 heterocycles. The molecule has 0 amide bonds. The molecular weight excluding hydrogens is 466 g/mol. The number of aryl methyl sites for hydroxylation is 1. The van der Waals surface area contributed by atoms with E-state index in [0.717, 1.165) is 12.0 Å². The lowest BCUT2D eigenvalue weighted by molar-refractivity contribution is -0.255. The highest BCUT2D eigenvalue weighted by molar-refractivity contribution is 7.95. The molecule has 0 N–H and O–H groups in total. The van der Waals surface area contributed by atoms with Gasteiger partial charge < -0.3 is 9.90 Å². The molecule has 33 heavy (non-hydrogen) atoms. The van der Waals surface area contributed by atoms with E-state index in [1.165, 1.54) is 22.0 Å². The molecule has 0 saturated heterocycles. The molecule has 0 fully saturated rings. The van der Waals surface area contributed by atoms with Gasteiger partial charge in [0.1, 0.15) is 23.2 Å². The van der Waals surface area contributed by atoms with Crippen LogP contribution >= 0.6 is 29.6 Å². The fourth-order valence-electron chi connectivity index (χ4n) is 3.54. The second kappa shape index (κ2) is 13.9. The van der Waals surface area contributed by atoms with Gasteiger partial charge in [-0.15, -0.1) is 12.4 Å². The van der Waals surface area contributed by atoms with Gasteiger partial charge in [0, 0.05) is 0 Å². The van der Waals surface area contributed by atoms with Gasteiger partial charge in [-0.2, -0.15) is 9.90 Å². The molecule has 1 atom stereocenters. The summed E-state index contributed by atoms with van der Waals surface area (Å²) in [6.45, 7) is 4.39. The van der Waals surface area contributed by atoms with Crippen molar-refractivity contribution in [1.29, 1.82) is 0 Å². The van der Waals surface area contributed by atoms with Gasteiger partial charge in [-0.1, -0.05) is 79.7 Å². The average molecular weight is 497 g/mol. The van der Waals surface area contributed by atoms with Crippen LogP contribution in [0.5, 0.6) is 0 Å². The second-order valence-corrected chi connectivity index (χ2v) is 10.9. The maximum absolute atomic E-state index is 10.4. The molecule has 0 bridgehead atoms. The van der Waals surface area contributed by atoms with Crippen LogP contribution in [-0.4, -0.2) is 12.6 Å². The zero-order chi connectivity index (χ0) is 22.1. The van der Waals surface area contributed by atoms with Crippen molar-refractivity contribution in [2.24, 2.45) is 0 Å². The average Bonchev–Trinajstić information content (AvgIpc) is 2.85. The minimum absolute atomic E-state index is 0. The minimum atomic E-state index is -1.53. The van der Waals surface area contributed by atoms with E-state index in [4.69, 9.17) is 0 Å². The molecule has 0 aromatic heterocycles. The van der Waals surface area contributed by atoms with E-state index in [1.807, 2.05) is 13.0 Å². The van der Waals surface area contributed by atoms with Gasteiger partial charge in [-0.25, -0.2) is 0 Å². The van der Waals surface area contributed by atoms with Gasteiger partial charge in [-0.05, 0) is 60.0 Å². The summed E-state index contributed by atoms with van der Waals surface area (Å²) in [4.78, 5) is 10.4. The molecule has 0 spiro atoms. The van der Waals surface area contributed by atoms with Crippen LogP contribution in [0, 0.1) is 0 Å². The molecule has 0 aliphatic rings. The number of benzene rings is 4. The highest BCUT2D eigenvalue weighted by atomic mass is 35.5. The van der Waals surface area contributed by atoms with Crippen molar-refractivity contribution in [3.63, 3.8) is 0 Å². The van der Waals surface area contributed by atoms with Gasteiger partial charge in [0.05, 0.1) is 12.6 Å². The van der Waals surface area contributed by atoms with Gasteiger partial charge in [0.25, 0.3) is 0 Å². The Hall–Kier alpha value is -2.50. The minimum Gasteiger partial charge on any atom is -0.545 e. The Bertz CT molecular complexity index is 1010. The maximum Gasteiger partial charge on any atom is 0.109 e. The van der Waals surface area contributed by atoms with Crippen LogP contribution in [-0.2, 0) is 6.42 Å². The molecule has 4 rings (SSSR count). The fraction of sp³-hybridized carbons (Fsp3) is 0.107. The number of halogens is 1. The zero-order valence-corrected chi connectivity index (χ0v) is 22.2. The second-order valence-electron chi connectivity index (χ2n) is 7.35. The molecule has 0 aliphatic heterocycles. The molecule has 2 nitrogen and oxygen atoms in total. The van der Waals surface area contributed by atoms with Crippen molar-refractivity contribution < 1.29 is 9.90 Å². The predicted molar refractivity (Wildman–Crippen MR) is 150 cm³/mol. The standard InChI is InChI=1S/C19H18P.C9H10O2.ClH.H3P/c1-20(17-11-5-2-6-12-17,18-13-7-3-8-14-18)19-15-9-4-10-16-19;1-2-7-4-3-5-8(6-7)9(10)11;;/h2-16H,1H3;3-6H,2H2,1H3,(H,10,11);1H;1H3/q+1;;;/p-1. The summed E-state index contributed by atoms with van der Waals surface area (Å²) < 4.78 is 0. The van der Waals surface area contributed by atoms with E-state index in [1.54, 1.807) is 12.1 Å². The summed E-state index contributed by atoms with van der Waals surface area (Å²) in [6.07, 6.45) is 0.848. The molecule has 0 saturated carbocycles. The van der Waals surface area contributed by atoms with Crippen molar-refractivity contribution in [1.82, 2.24) is 0 Å². The van der Waals surface area contributed by atoms with E-state index >= 15 is 0 Å². The Balaban J connectivity index is 0.000000362. The van der Waals surface area contributed by atoms with E-state index in [0.29, 0.717) is 0 Å². The summed E-state index contributed by atoms with van der Waals surface area (Å²) in [5.74, 6) is -1.11. The Kier molecular flexibility index (Phi) is 12.0. The number of hydrogen-bond acceptors (Lipinski definition) is 2. The first-order valence-corrected chi connectivity index (χ1v) is 12.6. The van der Waals surface area contributed by atoms with Crippen LogP contribution in [0.25, 0.3) is 0 Å². The highest BCUT2D eigenvalue weighted by Crippen LogP contribution is 2.51. The number of hydrogen-bond donors (Lipinski definition) is 0. The van der Waals surface area contributed by atoms with Crippen molar-refractivity contribution >= 4 is 51.5 Å². The maximum atomic E-state index is 10.4. The van der Waals surface area contributed by atoms with Crippen molar-refractivity contribution in [2.75, 3.05) is 6.66 Å². The molecule has 4 aromatic carbocycles. The van der Waals surface area contributed by atoms with Gasteiger partial charge in [-0.3, -0.25) is 0 Å². The number of carboxylic acids is 1. The van der Waals surface area contributed by atoms with E-state index in [-0.39, 0.29) is 27.9 Å². The smallest absolute Gasteiger partial charge is 0.109 e. The van der Waals surface area contributed by atoms with Gasteiger partial charge in [0.15, 0.2) is 0 Å². The Labute approximate surface area is 207 Å². The summed E-state index contributed by atoms with van der Waals surface area (Å²) in [6, 6.07) is 39.4. The third-order valence-corrected chi connectivity index (χ3v) is 9.38. The van der Waals surface area contributed by atoms with E-state index in [2.05, 4.69) is 97.7 Å². The van der Waals surface area contributed by atoms with Crippen LogP contribution in [0.15, 0.2) is 115 Å². The molecular formula is C28H31ClO2P2. The largest absolute Gasteiger partial charge is 0.545 e. The first-order chi connectivity index (χ1) is 15.1. The lowest BCUT2D eigenvalue weighted by atomic mass is 10.1. The van der Waals surface area contributed by atoms with Crippen LogP contribution < -0.4 is 21.0 Å². The molecule has 1 unspecified atom stereocenters. The monoisotopic (exact) mass is 496 g/mol. The van der Waals surface area contributed by atoms with E-state index < -0.39 is 13.2 Å². The van der Waals surface area contributed by atoms with Crippen molar-refractivity contribution in [2.45, 2.75) is 13.3 Å². The lowest BCUT2D eigenvalue weighted by Crippen LogP contribution is -2.30. The first kappa shape index (κ1) is 28.5. The van der Waals surface area contributed by atoms with Crippen molar-refractivity contribution in [3.8, 4) is 0 Å². The Morgan fingerprint density at radius 3 is 1.42 bits per heavy atom. The van der Waals surface area contributed by atoms with Crippen LogP contribution in [0.1, 0.15) is 22.8 Å². The van der Waals surface area contributed by atoms with Crippen LogP contribution in [0.2, 0.25) is 0 Å². The zero-order valence-electron chi connectivity index (χ0n) is 19.1. The molecule has 172 valence electrons. The summed E-state index contributed by atoms with van der Waals surface area (Å²) in [5.41, 5.74) is 1.27. The molecule has 0 radical (unpaired) electrons. The quantitative estimate of drug-likeness (QED) is 0.376. The number of carboxylic acid groups (broad SMARTS) is 1. The first-order valence-electron chi connectivity index (χ1n) is 10.4. The highest BCUT2D eigenvalue weighted by Gasteiger charge is 2.39. The van der Waals surface area contributed by atoms with E-state index in [9.17, 15) is 9.90 Å². The van der Waals surface area contributed by atoms with Crippen LogP contribution in [0.4, 0.5) is 0 Å². The number of aromatic carboxylic acids is 1. The SMILES string of the molecule is CCc1cccc(C(=O)[O-])c1.C[P+](c1ccccc1)(c1ccccc1)c1ccccc1.Cl.P.